The number of nitrogens with two attached hydrogens (primary N) is 1. The Kier molecular flexibility index (Phi) is 8.34. The van der Waals surface area contributed by atoms with E-state index in [4.69, 9.17) is 5.73 Å². The third-order valence-corrected chi connectivity index (χ3v) is 7.55. The summed E-state index contributed by atoms with van der Waals surface area (Å²) < 4.78 is 39.9. The molecule has 1 aliphatic heterocycles. The van der Waals surface area contributed by atoms with Gasteiger partial charge in [0.2, 0.25) is 5.91 Å². The van der Waals surface area contributed by atoms with Gasteiger partial charge in [-0.15, -0.1) is 0 Å². The molecule has 1 aliphatic rings. The van der Waals surface area contributed by atoms with Crippen LogP contribution < -0.4 is 11.3 Å². The number of aliphatic imine (C=N–C) groups is 1. The van der Waals surface area contributed by atoms with Crippen LogP contribution in [0.25, 0.3) is 28.0 Å². The van der Waals surface area contributed by atoms with Crippen molar-refractivity contribution in [3.63, 3.8) is 0 Å². The average molecular weight is 553 g/mol. The lowest BCUT2D eigenvalue weighted by molar-refractivity contribution is -0.127. The highest BCUT2D eigenvalue weighted by atomic mass is 32.2. The topological polar surface area (TPSA) is 115 Å². The van der Waals surface area contributed by atoms with Crippen LogP contribution in [0.5, 0.6) is 0 Å². The molecule has 3 aromatic rings. The Balaban J connectivity index is 1.71. The van der Waals surface area contributed by atoms with Gasteiger partial charge in [0.1, 0.15) is 21.5 Å². The molecule has 0 unspecified atom stereocenters. The standard InChI is InChI=1S/C29H33FN4O4S/c1-4-9-33(10-5-2)28(35)22-15-24-25(30)16-21(17-26(24)32-27(31)18-22)19-6-7-23-20(14-19)8-11-34(29(23)36)12-13-39(3,37)38/h6-8,11,14-17H,4-5,9-10,12-13,18H2,1-3H3,(H2,31,32). The third kappa shape index (κ3) is 6.44. The van der Waals surface area contributed by atoms with Crippen LogP contribution in [0.15, 0.2) is 58.0 Å². The molecule has 0 atom stereocenters. The average Bonchev–Trinajstić information content (AvgIpc) is 3.05. The minimum Gasteiger partial charge on any atom is -0.387 e. The molecule has 8 nitrogen and oxygen atoms in total. The molecule has 0 saturated heterocycles. The molecule has 0 radical (unpaired) electrons. The van der Waals surface area contributed by atoms with Gasteiger partial charge in [-0.1, -0.05) is 19.9 Å². The maximum atomic E-state index is 15.5. The summed E-state index contributed by atoms with van der Waals surface area (Å²) in [5.74, 6) is -0.595. The molecule has 0 aliphatic carbocycles. The zero-order chi connectivity index (χ0) is 28.3. The van der Waals surface area contributed by atoms with Gasteiger partial charge >= 0.3 is 0 Å². The van der Waals surface area contributed by atoms with Crippen molar-refractivity contribution >= 4 is 44.1 Å². The van der Waals surface area contributed by atoms with Gasteiger partial charge in [-0.05, 0) is 65.8 Å². The SMILES string of the molecule is CCCN(CCC)C(=O)C1=Cc2c(F)cc(-c3ccc4c(=O)n(CCS(C)(=O)=O)ccc4c3)cc2N=C(N)C1. The Labute approximate surface area is 227 Å². The molecule has 2 aromatic carbocycles. The lowest BCUT2D eigenvalue weighted by Crippen LogP contribution is -2.34. The van der Waals surface area contributed by atoms with E-state index in [2.05, 4.69) is 4.99 Å². The molecular weight excluding hydrogens is 519 g/mol. The molecule has 4 rings (SSSR count). The summed E-state index contributed by atoms with van der Waals surface area (Å²) in [4.78, 5) is 32.3. The number of rotatable bonds is 9. The molecule has 2 N–H and O–H groups in total. The van der Waals surface area contributed by atoms with Crippen LogP contribution in [0.4, 0.5) is 10.1 Å². The van der Waals surface area contributed by atoms with E-state index >= 15 is 4.39 Å². The van der Waals surface area contributed by atoms with E-state index < -0.39 is 15.7 Å². The third-order valence-electron chi connectivity index (χ3n) is 6.62. The second-order valence-corrected chi connectivity index (χ2v) is 12.1. The lowest BCUT2D eigenvalue weighted by atomic mass is 9.98. The summed E-state index contributed by atoms with van der Waals surface area (Å²) in [5, 5.41) is 1.08. The largest absolute Gasteiger partial charge is 0.387 e. The highest BCUT2D eigenvalue weighted by Gasteiger charge is 2.23. The van der Waals surface area contributed by atoms with Crippen molar-refractivity contribution in [2.75, 3.05) is 25.1 Å². The van der Waals surface area contributed by atoms with Crippen LogP contribution in [0.1, 0.15) is 38.7 Å². The predicted molar refractivity (Wildman–Crippen MR) is 154 cm³/mol. The lowest BCUT2D eigenvalue weighted by Gasteiger charge is -2.22. The number of pyridine rings is 1. The number of sulfone groups is 1. The van der Waals surface area contributed by atoms with Crippen LogP contribution >= 0.6 is 0 Å². The number of amides is 1. The highest BCUT2D eigenvalue weighted by molar-refractivity contribution is 7.90. The van der Waals surface area contributed by atoms with E-state index in [9.17, 15) is 18.0 Å². The van der Waals surface area contributed by atoms with Crippen molar-refractivity contribution < 1.29 is 17.6 Å². The quantitative estimate of drug-likeness (QED) is 0.426. The maximum Gasteiger partial charge on any atom is 0.258 e. The molecule has 0 bridgehead atoms. The van der Waals surface area contributed by atoms with Gasteiger partial charge in [0.15, 0.2) is 0 Å². The maximum absolute atomic E-state index is 15.5. The molecule has 206 valence electrons. The van der Waals surface area contributed by atoms with Gasteiger partial charge in [0.25, 0.3) is 5.56 Å². The van der Waals surface area contributed by atoms with Gasteiger partial charge in [0.05, 0.1) is 11.4 Å². The van der Waals surface area contributed by atoms with E-state index in [-0.39, 0.29) is 41.6 Å². The molecule has 10 heteroatoms. The monoisotopic (exact) mass is 552 g/mol. The van der Waals surface area contributed by atoms with Gasteiger partial charge in [-0.2, -0.15) is 0 Å². The molecular formula is C29H33FN4O4S. The van der Waals surface area contributed by atoms with E-state index in [1.807, 2.05) is 13.8 Å². The number of halogens is 1. The molecule has 1 amide bonds. The second kappa shape index (κ2) is 11.5. The van der Waals surface area contributed by atoms with Crippen LogP contribution in [0.3, 0.4) is 0 Å². The fourth-order valence-electron chi connectivity index (χ4n) is 4.72. The van der Waals surface area contributed by atoms with Crippen molar-refractivity contribution in [1.82, 2.24) is 9.47 Å². The Morgan fingerprint density at radius 3 is 2.49 bits per heavy atom. The number of fused-ring (bicyclic) bond motifs is 2. The minimum atomic E-state index is -3.21. The van der Waals surface area contributed by atoms with E-state index in [0.717, 1.165) is 19.1 Å². The highest BCUT2D eigenvalue weighted by Crippen LogP contribution is 2.35. The fraction of sp³-hybridized carbons (Fsp3) is 0.345. The van der Waals surface area contributed by atoms with Crippen LogP contribution in [0.2, 0.25) is 0 Å². The number of benzene rings is 2. The Morgan fingerprint density at radius 2 is 1.82 bits per heavy atom. The zero-order valence-corrected chi connectivity index (χ0v) is 23.2. The summed E-state index contributed by atoms with van der Waals surface area (Å²) in [6.45, 7) is 5.30. The molecule has 2 heterocycles. The zero-order valence-electron chi connectivity index (χ0n) is 22.4. The number of aromatic nitrogens is 1. The summed E-state index contributed by atoms with van der Waals surface area (Å²) >= 11 is 0. The first-order valence-electron chi connectivity index (χ1n) is 13.0. The van der Waals surface area contributed by atoms with Crippen molar-refractivity contribution in [2.24, 2.45) is 10.7 Å². The van der Waals surface area contributed by atoms with Crippen molar-refractivity contribution in [2.45, 2.75) is 39.7 Å². The van der Waals surface area contributed by atoms with Gasteiger partial charge in [-0.3, -0.25) is 9.59 Å². The first-order chi connectivity index (χ1) is 18.5. The number of nitrogens with zero attached hydrogens (tertiary/aromatic N) is 3. The number of aryl methyl sites for hydroxylation is 1. The molecule has 1 aromatic heterocycles. The van der Waals surface area contributed by atoms with Gasteiger partial charge in [-0.25, -0.2) is 17.8 Å². The second-order valence-electron chi connectivity index (χ2n) is 9.88. The number of amidine groups is 1. The normalized spacial score (nSPS) is 13.4. The molecule has 0 spiro atoms. The molecule has 39 heavy (non-hydrogen) atoms. The molecule has 0 saturated carbocycles. The minimum absolute atomic E-state index is 0.0669. The first-order valence-corrected chi connectivity index (χ1v) is 15.0. The van der Waals surface area contributed by atoms with Crippen LogP contribution in [0, 0.1) is 5.82 Å². The summed E-state index contributed by atoms with van der Waals surface area (Å²) in [6, 6.07) is 9.99. The molecule has 0 fully saturated rings. The summed E-state index contributed by atoms with van der Waals surface area (Å²) in [6.07, 6.45) is 6.01. The Morgan fingerprint density at radius 1 is 1.10 bits per heavy atom. The van der Waals surface area contributed by atoms with E-state index in [1.165, 1.54) is 10.6 Å². The number of hydrogen-bond acceptors (Lipinski definition) is 6. The van der Waals surface area contributed by atoms with E-state index in [1.54, 1.807) is 47.5 Å². The van der Waals surface area contributed by atoms with Crippen molar-refractivity contribution in [3.8, 4) is 11.1 Å². The summed E-state index contributed by atoms with van der Waals surface area (Å²) in [5.41, 5.74) is 8.04. The Hall–Kier alpha value is -3.79. The van der Waals surface area contributed by atoms with Crippen LogP contribution in [-0.2, 0) is 21.2 Å². The van der Waals surface area contributed by atoms with Crippen LogP contribution in [-0.4, -0.2) is 54.7 Å². The number of carbonyl (C=O) groups is 1. The van der Waals surface area contributed by atoms with Crippen molar-refractivity contribution in [3.05, 3.63) is 69.9 Å². The Bertz CT molecular complexity index is 1650. The first kappa shape index (κ1) is 28.2. The summed E-state index contributed by atoms with van der Waals surface area (Å²) in [7, 11) is -3.21. The number of hydrogen-bond donors (Lipinski definition) is 1. The van der Waals surface area contributed by atoms with Crippen molar-refractivity contribution in [1.29, 1.82) is 0 Å². The van der Waals surface area contributed by atoms with E-state index in [0.29, 0.717) is 46.2 Å². The van der Waals surface area contributed by atoms with Gasteiger partial charge in [0, 0.05) is 55.0 Å². The smallest absolute Gasteiger partial charge is 0.258 e. The fourth-order valence-corrected chi connectivity index (χ4v) is 5.25. The van der Waals surface area contributed by atoms with Gasteiger partial charge < -0.3 is 15.2 Å². The number of carbonyl (C=O) groups excluding carboxylic acids is 1. The predicted octanol–water partition coefficient (Wildman–Crippen LogP) is 4.28.